The van der Waals surface area contributed by atoms with Gasteiger partial charge in [0.2, 0.25) is 0 Å². The van der Waals surface area contributed by atoms with Gasteiger partial charge in [0.25, 0.3) is 0 Å². The van der Waals surface area contributed by atoms with Crippen LogP contribution >= 0.6 is 0 Å². The van der Waals surface area contributed by atoms with Crippen LogP contribution in [0, 0.1) is 0 Å². The zero-order valence-corrected chi connectivity index (χ0v) is 11.4. The summed E-state index contributed by atoms with van der Waals surface area (Å²) in [7, 11) is 1.98. The molecule has 1 saturated carbocycles. The van der Waals surface area contributed by atoms with E-state index in [1.54, 1.807) is 0 Å². The molecule has 1 aromatic heterocycles. The molecule has 3 nitrogen and oxygen atoms in total. The molecule has 3 heteroatoms. The normalized spacial score (nSPS) is 16.3. The Hall–Kier alpha value is -1.35. The molecule has 0 spiro atoms. The van der Waals surface area contributed by atoms with E-state index in [2.05, 4.69) is 40.8 Å². The summed E-state index contributed by atoms with van der Waals surface area (Å²) in [6.45, 7) is 6.92. The van der Waals surface area contributed by atoms with E-state index in [4.69, 9.17) is 0 Å². The Morgan fingerprint density at radius 3 is 2.78 bits per heavy atom. The highest BCUT2D eigenvalue weighted by atomic mass is 15.2. The molecule has 0 bridgehead atoms. The van der Waals surface area contributed by atoms with Crippen molar-refractivity contribution in [1.82, 2.24) is 10.3 Å². The zero-order valence-electron chi connectivity index (χ0n) is 11.4. The molecular weight excluding hydrogens is 222 g/mol. The first-order valence-corrected chi connectivity index (χ1v) is 6.80. The molecule has 2 rings (SSSR count). The van der Waals surface area contributed by atoms with Gasteiger partial charge < -0.3 is 10.2 Å². The summed E-state index contributed by atoms with van der Waals surface area (Å²) in [6.07, 6.45) is 7.61. The first kappa shape index (κ1) is 13.1. The average molecular weight is 245 g/mol. The van der Waals surface area contributed by atoms with Crippen molar-refractivity contribution in [3.05, 3.63) is 36.7 Å². The summed E-state index contributed by atoms with van der Waals surface area (Å²) in [5.41, 5.74) is 2.34. The second-order valence-electron chi connectivity index (χ2n) is 4.86. The molecule has 1 unspecified atom stereocenters. The minimum Gasteiger partial charge on any atom is -0.364 e. The van der Waals surface area contributed by atoms with E-state index in [-0.39, 0.29) is 0 Å². The van der Waals surface area contributed by atoms with Crippen LogP contribution in [0.25, 0.3) is 0 Å². The third-order valence-electron chi connectivity index (χ3n) is 3.53. The monoisotopic (exact) mass is 245 g/mol. The SMILES string of the molecule is C=CCN(c1ccc(C(CC)NC)nc1)C1CC1. The second-order valence-corrected chi connectivity index (χ2v) is 4.86. The highest BCUT2D eigenvalue weighted by Crippen LogP contribution is 2.31. The maximum Gasteiger partial charge on any atom is 0.0574 e. The van der Waals surface area contributed by atoms with Crippen LogP contribution < -0.4 is 10.2 Å². The topological polar surface area (TPSA) is 28.2 Å². The van der Waals surface area contributed by atoms with Gasteiger partial charge in [0, 0.05) is 18.6 Å². The lowest BCUT2D eigenvalue weighted by atomic mass is 10.1. The third kappa shape index (κ3) is 2.91. The van der Waals surface area contributed by atoms with Gasteiger partial charge in [-0.3, -0.25) is 4.98 Å². The summed E-state index contributed by atoms with van der Waals surface area (Å²) in [4.78, 5) is 6.99. The highest BCUT2D eigenvalue weighted by Gasteiger charge is 2.28. The van der Waals surface area contributed by atoms with Crippen molar-refractivity contribution in [3.63, 3.8) is 0 Å². The van der Waals surface area contributed by atoms with Gasteiger partial charge in [0.1, 0.15) is 0 Å². The van der Waals surface area contributed by atoms with E-state index in [1.165, 1.54) is 18.5 Å². The molecule has 0 aromatic carbocycles. The van der Waals surface area contributed by atoms with Gasteiger partial charge in [0.05, 0.1) is 17.6 Å². The summed E-state index contributed by atoms with van der Waals surface area (Å²) in [6, 6.07) is 5.37. The Labute approximate surface area is 110 Å². The largest absolute Gasteiger partial charge is 0.364 e. The van der Waals surface area contributed by atoms with Crippen molar-refractivity contribution in [2.24, 2.45) is 0 Å². The maximum absolute atomic E-state index is 4.60. The fraction of sp³-hybridized carbons (Fsp3) is 0.533. The first-order valence-electron chi connectivity index (χ1n) is 6.80. The Morgan fingerprint density at radius 1 is 1.56 bits per heavy atom. The van der Waals surface area contributed by atoms with Gasteiger partial charge in [-0.05, 0) is 38.4 Å². The third-order valence-corrected chi connectivity index (χ3v) is 3.53. The van der Waals surface area contributed by atoms with Gasteiger partial charge in [-0.1, -0.05) is 13.0 Å². The van der Waals surface area contributed by atoms with Crippen molar-refractivity contribution < 1.29 is 0 Å². The number of rotatable bonds is 7. The Morgan fingerprint density at radius 2 is 2.33 bits per heavy atom. The zero-order chi connectivity index (χ0) is 13.0. The van der Waals surface area contributed by atoms with Crippen molar-refractivity contribution in [1.29, 1.82) is 0 Å². The van der Waals surface area contributed by atoms with Gasteiger partial charge in [-0.25, -0.2) is 0 Å². The van der Waals surface area contributed by atoms with E-state index in [1.807, 2.05) is 19.3 Å². The molecule has 0 amide bonds. The quantitative estimate of drug-likeness (QED) is 0.749. The lowest BCUT2D eigenvalue weighted by Gasteiger charge is -2.23. The number of pyridine rings is 1. The predicted octanol–water partition coefficient (Wildman–Crippen LogP) is 2.91. The predicted molar refractivity (Wildman–Crippen MR) is 76.9 cm³/mol. The maximum atomic E-state index is 4.60. The average Bonchev–Trinajstić information content (AvgIpc) is 3.23. The molecule has 0 aliphatic heterocycles. The number of hydrogen-bond donors (Lipinski definition) is 1. The first-order chi connectivity index (χ1) is 8.80. The molecule has 1 N–H and O–H groups in total. The van der Waals surface area contributed by atoms with Crippen molar-refractivity contribution in [3.8, 4) is 0 Å². The number of anilines is 1. The van der Waals surface area contributed by atoms with E-state index < -0.39 is 0 Å². The van der Waals surface area contributed by atoms with Crippen LogP contribution in [0.15, 0.2) is 31.0 Å². The lowest BCUT2D eigenvalue weighted by molar-refractivity contribution is 0.561. The number of aromatic nitrogens is 1. The smallest absolute Gasteiger partial charge is 0.0574 e. The Balaban J connectivity index is 2.12. The highest BCUT2D eigenvalue weighted by molar-refractivity contribution is 5.48. The number of nitrogens with zero attached hydrogens (tertiary/aromatic N) is 2. The molecule has 18 heavy (non-hydrogen) atoms. The molecule has 1 aliphatic rings. The van der Waals surface area contributed by atoms with E-state index in [9.17, 15) is 0 Å². The molecule has 98 valence electrons. The number of nitrogens with one attached hydrogen (secondary N) is 1. The van der Waals surface area contributed by atoms with Crippen molar-refractivity contribution in [2.45, 2.75) is 38.3 Å². The van der Waals surface area contributed by atoms with Crippen LogP contribution in [-0.2, 0) is 0 Å². The van der Waals surface area contributed by atoms with Crippen LogP contribution in [-0.4, -0.2) is 24.6 Å². The van der Waals surface area contributed by atoms with Crippen LogP contribution in [0.1, 0.15) is 37.9 Å². The molecule has 1 atom stereocenters. The fourth-order valence-electron chi connectivity index (χ4n) is 2.33. The molecule has 1 aliphatic carbocycles. The summed E-state index contributed by atoms with van der Waals surface area (Å²) < 4.78 is 0. The summed E-state index contributed by atoms with van der Waals surface area (Å²) >= 11 is 0. The van der Waals surface area contributed by atoms with Gasteiger partial charge >= 0.3 is 0 Å². The second kappa shape index (κ2) is 6.01. The minimum atomic E-state index is 0.354. The Bertz CT molecular complexity index is 377. The fourth-order valence-corrected chi connectivity index (χ4v) is 2.33. The van der Waals surface area contributed by atoms with Crippen LogP contribution in [0.3, 0.4) is 0 Å². The van der Waals surface area contributed by atoms with Crippen molar-refractivity contribution >= 4 is 5.69 Å². The van der Waals surface area contributed by atoms with E-state index >= 15 is 0 Å². The van der Waals surface area contributed by atoms with Crippen LogP contribution in [0.2, 0.25) is 0 Å². The van der Waals surface area contributed by atoms with Gasteiger partial charge in [0.15, 0.2) is 0 Å². The van der Waals surface area contributed by atoms with Crippen LogP contribution in [0.4, 0.5) is 5.69 Å². The Kier molecular flexibility index (Phi) is 4.37. The molecule has 0 saturated heterocycles. The van der Waals surface area contributed by atoms with Crippen molar-refractivity contribution in [2.75, 3.05) is 18.5 Å². The van der Waals surface area contributed by atoms with Gasteiger partial charge in [-0.2, -0.15) is 0 Å². The van der Waals surface area contributed by atoms with E-state index in [0.29, 0.717) is 12.1 Å². The van der Waals surface area contributed by atoms with Crippen LogP contribution in [0.5, 0.6) is 0 Å². The molecule has 0 radical (unpaired) electrons. The minimum absolute atomic E-state index is 0.354. The van der Waals surface area contributed by atoms with Gasteiger partial charge in [-0.15, -0.1) is 6.58 Å². The molecule has 1 aromatic rings. The molecule has 1 fully saturated rings. The van der Waals surface area contributed by atoms with E-state index in [0.717, 1.165) is 18.7 Å². The molecule has 1 heterocycles. The standard InChI is InChI=1S/C15H23N3/c1-4-10-18(12-6-7-12)13-8-9-15(17-11-13)14(5-2)16-3/h4,8-9,11-12,14,16H,1,5-7,10H2,2-3H3. The summed E-state index contributed by atoms with van der Waals surface area (Å²) in [5.74, 6) is 0. The summed E-state index contributed by atoms with van der Waals surface area (Å²) in [5, 5.41) is 3.28. The molecular formula is C15H23N3. The number of hydrogen-bond acceptors (Lipinski definition) is 3. The lowest BCUT2D eigenvalue weighted by Crippen LogP contribution is -2.26.